The number of hydrogen-bond donors (Lipinski definition) is 1. The number of carbonyl (C=O) groups excluding carboxylic acids is 2. The molecule has 1 N–H and O–H groups in total. The van der Waals surface area contributed by atoms with Gasteiger partial charge in [0.05, 0.1) is 5.56 Å². The summed E-state index contributed by atoms with van der Waals surface area (Å²) in [7, 11) is 0. The fourth-order valence-corrected chi connectivity index (χ4v) is 2.90. The first kappa shape index (κ1) is 20.6. The number of amides is 1. The molecular weight excluding hydrogens is 345 g/mol. The van der Waals surface area contributed by atoms with Crippen LogP contribution in [0.25, 0.3) is 0 Å². The molecule has 0 bridgehead atoms. The fraction of sp³-hybridized carbons (Fsp3) is 0.364. The van der Waals surface area contributed by atoms with Gasteiger partial charge in [0.2, 0.25) is 0 Å². The van der Waals surface area contributed by atoms with Crippen LogP contribution in [0.2, 0.25) is 0 Å². The molecular formula is C22H26FNO3. The number of carbonyl (C=O) groups is 2. The lowest BCUT2D eigenvalue weighted by molar-refractivity contribution is -0.137. The maximum absolute atomic E-state index is 13.8. The first-order valence-corrected chi connectivity index (χ1v) is 9.08. The minimum absolute atomic E-state index is 0.104. The van der Waals surface area contributed by atoms with E-state index < -0.39 is 23.7 Å². The Bertz CT molecular complexity index is 830. The first-order chi connectivity index (χ1) is 12.7. The van der Waals surface area contributed by atoms with Crippen LogP contribution in [0.15, 0.2) is 42.5 Å². The molecule has 0 aliphatic carbocycles. The molecule has 2 aromatic rings. The van der Waals surface area contributed by atoms with Crippen LogP contribution >= 0.6 is 0 Å². The van der Waals surface area contributed by atoms with Gasteiger partial charge in [-0.2, -0.15) is 0 Å². The van der Waals surface area contributed by atoms with Gasteiger partial charge in [0.25, 0.3) is 5.91 Å². The molecule has 0 saturated carbocycles. The summed E-state index contributed by atoms with van der Waals surface area (Å²) in [6, 6.07) is 10.3. The summed E-state index contributed by atoms with van der Waals surface area (Å²) in [6.45, 7) is 9.75. The van der Waals surface area contributed by atoms with Crippen molar-refractivity contribution in [1.82, 2.24) is 5.32 Å². The molecule has 4 nitrogen and oxygen atoms in total. The zero-order valence-corrected chi connectivity index (χ0v) is 16.4. The Morgan fingerprint density at radius 3 is 2.26 bits per heavy atom. The molecule has 0 aliphatic heterocycles. The number of rotatable bonds is 6. The van der Waals surface area contributed by atoms with Gasteiger partial charge in [0.1, 0.15) is 17.6 Å². The summed E-state index contributed by atoms with van der Waals surface area (Å²) < 4.78 is 19.3. The number of aryl methyl sites for hydroxylation is 1. The zero-order chi connectivity index (χ0) is 20.1. The Morgan fingerprint density at radius 2 is 1.70 bits per heavy atom. The number of benzene rings is 2. The molecule has 1 atom stereocenters. The summed E-state index contributed by atoms with van der Waals surface area (Å²) in [5.41, 5.74) is 2.11. The van der Waals surface area contributed by atoms with Gasteiger partial charge in [-0.15, -0.1) is 0 Å². The highest BCUT2D eigenvalue weighted by Gasteiger charge is 2.27. The van der Waals surface area contributed by atoms with E-state index in [0.29, 0.717) is 11.7 Å². The molecule has 0 aromatic heterocycles. The molecule has 144 valence electrons. The van der Waals surface area contributed by atoms with Crippen molar-refractivity contribution in [3.63, 3.8) is 0 Å². The summed E-state index contributed by atoms with van der Waals surface area (Å²) in [6.07, 6.45) is 0. The van der Waals surface area contributed by atoms with Crippen molar-refractivity contribution < 1.29 is 18.7 Å². The Balaban J connectivity index is 2.14. The van der Waals surface area contributed by atoms with E-state index in [-0.39, 0.29) is 11.5 Å². The second-order valence-electron chi connectivity index (χ2n) is 7.27. The lowest BCUT2D eigenvalue weighted by Gasteiger charge is -2.21. The van der Waals surface area contributed by atoms with Crippen LogP contribution in [-0.2, 0) is 4.79 Å². The summed E-state index contributed by atoms with van der Waals surface area (Å²) in [5.74, 6) is -1.28. The summed E-state index contributed by atoms with van der Waals surface area (Å²) >= 11 is 0. The van der Waals surface area contributed by atoms with Crippen LogP contribution < -0.4 is 10.1 Å². The van der Waals surface area contributed by atoms with E-state index in [1.54, 1.807) is 26.0 Å². The molecule has 27 heavy (non-hydrogen) atoms. The molecule has 1 amide bonds. The molecule has 0 heterocycles. The highest BCUT2D eigenvalue weighted by molar-refractivity contribution is 5.97. The number of halogens is 1. The average molecular weight is 371 g/mol. The van der Waals surface area contributed by atoms with E-state index >= 15 is 0 Å². The number of esters is 1. The van der Waals surface area contributed by atoms with Gasteiger partial charge < -0.3 is 10.1 Å². The van der Waals surface area contributed by atoms with Gasteiger partial charge in [-0.1, -0.05) is 45.9 Å². The van der Waals surface area contributed by atoms with Gasteiger partial charge in [-0.05, 0) is 54.2 Å². The smallest absolute Gasteiger partial charge is 0.334 e. The number of hydrogen-bond acceptors (Lipinski definition) is 3. The van der Waals surface area contributed by atoms with Gasteiger partial charge in [-0.3, -0.25) is 4.79 Å². The van der Waals surface area contributed by atoms with Crippen LogP contribution in [0, 0.1) is 18.7 Å². The minimum atomic E-state index is -0.887. The maximum atomic E-state index is 13.8. The zero-order valence-electron chi connectivity index (χ0n) is 16.4. The highest BCUT2D eigenvalue weighted by atomic mass is 19.1. The van der Waals surface area contributed by atoms with E-state index in [4.69, 9.17) is 4.74 Å². The van der Waals surface area contributed by atoms with E-state index in [1.165, 1.54) is 23.8 Å². The maximum Gasteiger partial charge on any atom is 0.334 e. The van der Waals surface area contributed by atoms with E-state index in [9.17, 15) is 14.0 Å². The molecule has 0 spiro atoms. The topological polar surface area (TPSA) is 55.4 Å². The van der Waals surface area contributed by atoms with Crippen LogP contribution in [0.1, 0.15) is 55.1 Å². The van der Waals surface area contributed by atoms with Crippen molar-refractivity contribution in [3.8, 4) is 5.75 Å². The largest absolute Gasteiger partial charge is 0.425 e. The number of nitrogens with one attached hydrogen (secondary N) is 1. The second-order valence-corrected chi connectivity index (χ2v) is 7.27. The third-order valence-corrected chi connectivity index (χ3v) is 4.41. The van der Waals surface area contributed by atoms with Crippen molar-refractivity contribution in [1.29, 1.82) is 0 Å². The third-order valence-electron chi connectivity index (χ3n) is 4.41. The Morgan fingerprint density at radius 1 is 1.04 bits per heavy atom. The van der Waals surface area contributed by atoms with Crippen molar-refractivity contribution in [2.24, 2.45) is 5.92 Å². The highest BCUT2D eigenvalue weighted by Crippen LogP contribution is 2.24. The van der Waals surface area contributed by atoms with E-state index in [1.807, 2.05) is 19.1 Å². The van der Waals surface area contributed by atoms with Crippen molar-refractivity contribution in [3.05, 3.63) is 65.0 Å². The predicted octanol–water partition coefficient (Wildman–Crippen LogP) is 4.62. The van der Waals surface area contributed by atoms with Crippen LogP contribution in [0.4, 0.5) is 4.39 Å². The molecule has 5 heteroatoms. The van der Waals surface area contributed by atoms with Gasteiger partial charge in [0, 0.05) is 0 Å². The molecule has 0 unspecified atom stereocenters. The monoisotopic (exact) mass is 371 g/mol. The summed E-state index contributed by atoms with van der Waals surface area (Å²) in [4.78, 5) is 25.0. The summed E-state index contributed by atoms with van der Waals surface area (Å²) in [5, 5.41) is 2.58. The average Bonchev–Trinajstić information content (AvgIpc) is 2.59. The van der Waals surface area contributed by atoms with Crippen molar-refractivity contribution >= 4 is 11.9 Å². The fourth-order valence-electron chi connectivity index (χ4n) is 2.90. The van der Waals surface area contributed by atoms with Gasteiger partial charge in [0.15, 0.2) is 0 Å². The Hall–Kier alpha value is -2.69. The lowest BCUT2D eigenvalue weighted by Crippen LogP contribution is -2.46. The second kappa shape index (κ2) is 8.80. The standard InChI is InChI=1S/C22H26FNO3/c1-13(2)17-11-10-16(12-15(17)5)27-22(26)20(14(3)4)24-21(25)18-8-6-7-9-19(18)23/h6-14,20H,1-5H3,(H,24,25)/t20-/m0/s1. The van der Waals surface area contributed by atoms with Crippen LogP contribution in [0.3, 0.4) is 0 Å². The van der Waals surface area contributed by atoms with Crippen LogP contribution in [-0.4, -0.2) is 17.9 Å². The van der Waals surface area contributed by atoms with Crippen molar-refractivity contribution in [2.45, 2.75) is 46.6 Å². The molecule has 0 radical (unpaired) electrons. The first-order valence-electron chi connectivity index (χ1n) is 9.08. The SMILES string of the molecule is Cc1cc(OC(=O)[C@@H](NC(=O)c2ccccc2F)C(C)C)ccc1C(C)C. The predicted molar refractivity (Wildman–Crippen MR) is 103 cm³/mol. The van der Waals surface area contributed by atoms with Crippen LogP contribution in [0.5, 0.6) is 5.75 Å². The molecule has 0 aliphatic rings. The van der Waals surface area contributed by atoms with Gasteiger partial charge >= 0.3 is 5.97 Å². The molecule has 2 aromatic carbocycles. The quantitative estimate of drug-likeness (QED) is 0.596. The third kappa shape index (κ3) is 5.16. The van der Waals surface area contributed by atoms with E-state index in [0.717, 1.165) is 5.56 Å². The molecule has 2 rings (SSSR count). The Kier molecular flexibility index (Phi) is 6.72. The number of ether oxygens (including phenoxy) is 1. The van der Waals surface area contributed by atoms with E-state index in [2.05, 4.69) is 19.2 Å². The Labute approximate surface area is 159 Å². The van der Waals surface area contributed by atoms with Gasteiger partial charge in [-0.25, -0.2) is 9.18 Å². The lowest BCUT2D eigenvalue weighted by atomic mass is 9.98. The molecule has 0 saturated heterocycles. The minimum Gasteiger partial charge on any atom is -0.425 e. The normalized spacial score (nSPS) is 12.1. The molecule has 0 fully saturated rings. The van der Waals surface area contributed by atoms with Crippen molar-refractivity contribution in [2.75, 3.05) is 0 Å².